The van der Waals surface area contributed by atoms with Crippen molar-refractivity contribution in [1.29, 1.82) is 0 Å². The smallest absolute Gasteiger partial charge is 0.342 e. The zero-order valence-electron chi connectivity index (χ0n) is 4.60. The third-order valence-electron chi connectivity index (χ3n) is 0.495. The van der Waals surface area contributed by atoms with Gasteiger partial charge < -0.3 is 4.18 Å². The maximum atomic E-state index is 10.3. The van der Waals surface area contributed by atoms with E-state index in [4.69, 9.17) is 4.55 Å². The maximum Gasteiger partial charge on any atom is 0.360 e. The van der Waals surface area contributed by atoms with Gasteiger partial charge >= 0.3 is 17.3 Å². The normalized spacial score (nSPS) is 16.3. The largest absolute Gasteiger partial charge is 0.360 e. The molecule has 0 spiro atoms. The average Bonchev–Trinajstić information content (AvgIpc) is 1.63. The fourth-order valence-corrected chi connectivity index (χ4v) is 0.549. The van der Waals surface area contributed by atoms with E-state index in [1.807, 2.05) is 0 Å². The van der Waals surface area contributed by atoms with E-state index in [2.05, 4.69) is 16.8 Å². The Kier molecular flexibility index (Phi) is 3.83. The molecule has 0 saturated heterocycles. The molecule has 2 unspecified atom stereocenters. The quantitative estimate of drug-likeness (QED) is 0.452. The van der Waals surface area contributed by atoms with Crippen LogP contribution in [0.1, 0.15) is 6.92 Å². The third-order valence-corrected chi connectivity index (χ3v) is 1.01. The Balaban J connectivity index is 3.64. The molecule has 1 N–H and O–H groups in total. The van der Waals surface area contributed by atoms with Gasteiger partial charge in [0.15, 0.2) is 0 Å². The molecule has 54 valence electrons. The van der Waals surface area contributed by atoms with E-state index in [1.165, 1.54) is 6.92 Å². The number of rotatable bonds is 2. The Hall–Kier alpha value is -0.0700. The molecule has 9 heavy (non-hydrogen) atoms. The summed E-state index contributed by atoms with van der Waals surface area (Å²) in [6.07, 6.45) is 0. The van der Waals surface area contributed by atoms with Gasteiger partial charge in [-0.2, -0.15) is 16.8 Å². The van der Waals surface area contributed by atoms with Crippen LogP contribution >= 0.6 is 12.6 Å². The fourth-order valence-electron chi connectivity index (χ4n) is 0.140. The van der Waals surface area contributed by atoms with Crippen LogP contribution in [-0.2, 0) is 20.3 Å². The van der Waals surface area contributed by atoms with E-state index in [0.717, 1.165) is 0 Å². The lowest BCUT2D eigenvalue weighted by molar-refractivity contribution is -0.132. The molecular weight excluding hydrogens is 164 g/mol. The molecule has 0 aliphatic rings. The molecule has 0 radical (unpaired) electrons. The van der Waals surface area contributed by atoms with Crippen LogP contribution < -0.4 is 0 Å². The predicted molar refractivity (Wildman–Crippen MR) is 35.3 cm³/mol. The van der Waals surface area contributed by atoms with Crippen molar-refractivity contribution in [2.75, 3.05) is 0 Å². The highest BCUT2D eigenvalue weighted by Crippen LogP contribution is 1.96. The van der Waals surface area contributed by atoms with Crippen LogP contribution in [0.2, 0.25) is 0 Å². The minimum Gasteiger partial charge on any atom is -0.342 e. The third kappa shape index (κ3) is 4.43. The highest BCUT2D eigenvalue weighted by molar-refractivity contribution is 7.82. The van der Waals surface area contributed by atoms with Crippen LogP contribution in [0.3, 0.4) is 0 Å². The minimum absolute atomic E-state index is 0.666. The average molecular weight is 170 g/mol. The molecule has 0 rings (SSSR count). The van der Waals surface area contributed by atoms with E-state index in [-0.39, 0.29) is 0 Å². The molecule has 6 heteroatoms. The molecule has 0 fully saturated rings. The van der Waals surface area contributed by atoms with Gasteiger partial charge in [-0.1, -0.05) is 0 Å². The minimum atomic E-state index is -2.51. The van der Waals surface area contributed by atoms with Crippen molar-refractivity contribution in [1.82, 2.24) is 0 Å². The van der Waals surface area contributed by atoms with E-state index >= 15 is 0 Å². The molecule has 0 aromatic carbocycles. The summed E-state index contributed by atoms with van der Waals surface area (Å²) in [7, 11) is 0. The highest BCUT2D eigenvalue weighted by atomic mass is 32.2. The van der Waals surface area contributed by atoms with Gasteiger partial charge in [-0.25, -0.2) is 4.79 Å². The van der Waals surface area contributed by atoms with Crippen LogP contribution in [0.4, 0.5) is 0 Å². The zero-order chi connectivity index (χ0) is 7.44. The van der Waals surface area contributed by atoms with Gasteiger partial charge in [-0.3, -0.25) is 4.55 Å². The summed E-state index contributed by atoms with van der Waals surface area (Å²) in [5.41, 5.74) is 0. The first kappa shape index (κ1) is 8.93. The second kappa shape index (κ2) is 3.86. The summed E-state index contributed by atoms with van der Waals surface area (Å²) < 4.78 is 21.5. The Morgan fingerprint density at radius 3 is 2.44 bits per heavy atom. The molecular formula is C3H6O4S2. The summed E-state index contributed by atoms with van der Waals surface area (Å²) in [6.45, 7) is 1.44. The molecule has 0 bridgehead atoms. The molecule has 0 aromatic heterocycles. The van der Waals surface area contributed by atoms with E-state index < -0.39 is 22.6 Å². The number of carbonyl (C=O) groups is 1. The van der Waals surface area contributed by atoms with E-state index in [0.29, 0.717) is 0 Å². The molecule has 0 aliphatic carbocycles. The van der Waals surface area contributed by atoms with Gasteiger partial charge in [-0.05, 0) is 6.92 Å². The molecule has 0 heterocycles. The first-order valence-electron chi connectivity index (χ1n) is 2.05. The second-order valence-corrected chi connectivity index (χ2v) is 2.67. The van der Waals surface area contributed by atoms with Crippen molar-refractivity contribution in [2.45, 2.75) is 12.2 Å². The van der Waals surface area contributed by atoms with Crippen LogP contribution in [0, 0.1) is 0 Å². The van der Waals surface area contributed by atoms with Crippen molar-refractivity contribution in [3.8, 4) is 0 Å². The zero-order valence-corrected chi connectivity index (χ0v) is 6.32. The molecule has 2 atom stereocenters. The van der Waals surface area contributed by atoms with Crippen molar-refractivity contribution >= 4 is 30.0 Å². The Labute approximate surface area is 60.5 Å². The number of carbonyl (C=O) groups excluding carboxylic acids is 1. The van der Waals surface area contributed by atoms with Crippen LogP contribution in [0.15, 0.2) is 0 Å². The summed E-state index contributed by atoms with van der Waals surface area (Å²) in [4.78, 5) is 10.3. The summed E-state index contributed by atoms with van der Waals surface area (Å²) >= 11 is 1.13. The van der Waals surface area contributed by atoms with Crippen molar-refractivity contribution in [3.63, 3.8) is 0 Å². The number of thiol groups is 1. The molecule has 0 aromatic rings. The molecule has 0 amide bonds. The monoisotopic (exact) mass is 170 g/mol. The van der Waals surface area contributed by atoms with Gasteiger partial charge in [0.1, 0.15) is 0 Å². The van der Waals surface area contributed by atoms with Crippen molar-refractivity contribution in [2.24, 2.45) is 0 Å². The number of hydrogen-bond acceptors (Lipinski definition) is 4. The Bertz CT molecular complexity index is 132. The maximum absolute atomic E-state index is 10.3. The van der Waals surface area contributed by atoms with Gasteiger partial charge in [0.2, 0.25) is 0 Å². The van der Waals surface area contributed by atoms with E-state index in [9.17, 15) is 9.00 Å². The van der Waals surface area contributed by atoms with Gasteiger partial charge in [0.05, 0.1) is 5.25 Å². The van der Waals surface area contributed by atoms with Gasteiger partial charge in [0.25, 0.3) is 0 Å². The first-order chi connectivity index (χ1) is 4.04. The second-order valence-electron chi connectivity index (χ2n) is 1.30. The predicted octanol–water partition coefficient (Wildman–Crippen LogP) is -0.0154. The Morgan fingerprint density at radius 2 is 2.33 bits per heavy atom. The highest BCUT2D eigenvalue weighted by Gasteiger charge is 2.11. The van der Waals surface area contributed by atoms with Gasteiger partial charge in [-0.15, -0.1) is 0 Å². The van der Waals surface area contributed by atoms with Crippen LogP contribution in [0.5, 0.6) is 0 Å². The summed E-state index contributed by atoms with van der Waals surface area (Å²) in [5.74, 6) is -0.806. The van der Waals surface area contributed by atoms with Crippen LogP contribution in [0.25, 0.3) is 0 Å². The summed E-state index contributed by atoms with van der Waals surface area (Å²) in [5, 5.41) is -0.666. The Morgan fingerprint density at radius 1 is 1.89 bits per heavy atom. The van der Waals surface area contributed by atoms with Crippen molar-refractivity contribution in [3.05, 3.63) is 0 Å². The van der Waals surface area contributed by atoms with Gasteiger partial charge in [0, 0.05) is 0 Å². The SMILES string of the molecule is CC(S)C(=O)OS(=O)O. The molecule has 4 nitrogen and oxygen atoms in total. The first-order valence-corrected chi connectivity index (χ1v) is 3.60. The lowest BCUT2D eigenvalue weighted by Gasteiger charge is -1.98. The summed E-state index contributed by atoms with van der Waals surface area (Å²) in [6, 6.07) is 0. The van der Waals surface area contributed by atoms with Crippen LogP contribution in [-0.4, -0.2) is 20.0 Å². The fraction of sp³-hybridized carbons (Fsp3) is 0.667. The number of hydrogen-bond donors (Lipinski definition) is 2. The standard InChI is InChI=1S/C3H6O4S2/c1-2(8)3(4)7-9(5)6/h2,8H,1H3,(H,5,6). The lowest BCUT2D eigenvalue weighted by Crippen LogP contribution is -2.15. The molecule has 0 saturated carbocycles. The lowest BCUT2D eigenvalue weighted by atomic mass is 10.5. The topological polar surface area (TPSA) is 63.6 Å². The molecule has 0 aliphatic heterocycles. The van der Waals surface area contributed by atoms with Crippen molar-refractivity contribution < 1.29 is 17.7 Å². The van der Waals surface area contributed by atoms with E-state index in [1.54, 1.807) is 0 Å².